The summed E-state index contributed by atoms with van der Waals surface area (Å²) in [6, 6.07) is 20.9. The smallest absolute Gasteiger partial charge is 0.266 e. The van der Waals surface area contributed by atoms with Crippen molar-refractivity contribution in [2.24, 2.45) is 0 Å². The lowest BCUT2D eigenvalue weighted by Gasteiger charge is -2.11. The number of halogens is 1. The van der Waals surface area contributed by atoms with E-state index in [-0.39, 0.29) is 5.56 Å². The van der Waals surface area contributed by atoms with Crippen LogP contribution in [0.4, 0.5) is 0 Å². The number of ether oxygens (including phenoxy) is 1. The molecule has 0 radical (unpaired) electrons. The highest BCUT2D eigenvalue weighted by molar-refractivity contribution is 9.10. The Morgan fingerprint density at radius 2 is 1.81 bits per heavy atom. The number of rotatable bonds is 4. The van der Waals surface area contributed by atoms with Crippen molar-refractivity contribution in [3.8, 4) is 11.4 Å². The minimum Gasteiger partial charge on any atom is -0.497 e. The number of methoxy groups -OCH3 is 1. The molecule has 0 bridgehead atoms. The lowest BCUT2D eigenvalue weighted by molar-refractivity contribution is 0.415. The van der Waals surface area contributed by atoms with Crippen LogP contribution in [-0.2, 0) is 0 Å². The van der Waals surface area contributed by atoms with Crippen molar-refractivity contribution in [2.75, 3.05) is 7.11 Å². The zero-order valence-electron chi connectivity index (χ0n) is 16.7. The average molecular weight is 472 g/mol. The highest BCUT2D eigenvalue weighted by atomic mass is 79.9. The zero-order chi connectivity index (χ0) is 21.4. The fraction of sp³-hybridized carbons (Fsp3) is 0.0400. The van der Waals surface area contributed by atoms with Gasteiger partial charge in [0.15, 0.2) is 0 Å². The topological polar surface area (TPSA) is 59.9 Å². The van der Waals surface area contributed by atoms with E-state index in [1.807, 2.05) is 79.0 Å². The predicted molar refractivity (Wildman–Crippen MR) is 129 cm³/mol. The van der Waals surface area contributed by atoms with E-state index in [0.29, 0.717) is 16.7 Å². The largest absolute Gasteiger partial charge is 0.497 e. The first kappa shape index (κ1) is 19.3. The summed E-state index contributed by atoms with van der Waals surface area (Å²) >= 11 is 3.46. The van der Waals surface area contributed by atoms with E-state index in [4.69, 9.17) is 9.72 Å². The van der Waals surface area contributed by atoms with Crippen LogP contribution in [0.15, 0.2) is 82.2 Å². The molecule has 0 aliphatic carbocycles. The molecule has 5 aromatic rings. The molecule has 0 saturated carbocycles. The highest BCUT2D eigenvalue weighted by Gasteiger charge is 2.11. The van der Waals surface area contributed by atoms with Gasteiger partial charge in [-0.2, -0.15) is 0 Å². The first-order valence-electron chi connectivity index (χ1n) is 9.75. The van der Waals surface area contributed by atoms with Crippen LogP contribution in [-0.4, -0.2) is 21.6 Å². The summed E-state index contributed by atoms with van der Waals surface area (Å²) in [5.41, 5.74) is 3.32. The molecule has 5 rings (SSSR count). The van der Waals surface area contributed by atoms with Crippen molar-refractivity contribution in [1.82, 2.24) is 14.5 Å². The predicted octanol–water partition coefficient (Wildman–Crippen LogP) is 5.81. The molecule has 6 heteroatoms. The van der Waals surface area contributed by atoms with Crippen LogP contribution in [0.25, 0.3) is 39.6 Å². The molecule has 0 aliphatic heterocycles. The molecule has 0 saturated heterocycles. The summed E-state index contributed by atoms with van der Waals surface area (Å²) in [5, 5.41) is 1.62. The van der Waals surface area contributed by atoms with Gasteiger partial charge in [-0.15, -0.1) is 0 Å². The van der Waals surface area contributed by atoms with E-state index in [1.54, 1.807) is 17.7 Å². The van der Waals surface area contributed by atoms with Crippen molar-refractivity contribution in [1.29, 1.82) is 0 Å². The maximum absolute atomic E-state index is 13.3. The lowest BCUT2D eigenvalue weighted by Crippen LogP contribution is -2.22. The molecule has 0 amide bonds. The molecule has 0 atom stereocenters. The number of hydrogen-bond acceptors (Lipinski definition) is 3. The van der Waals surface area contributed by atoms with Gasteiger partial charge in [-0.3, -0.25) is 9.36 Å². The molecule has 0 fully saturated rings. The first-order valence-corrected chi connectivity index (χ1v) is 10.5. The Balaban J connectivity index is 1.70. The number of aromatic amines is 1. The van der Waals surface area contributed by atoms with Crippen molar-refractivity contribution in [3.63, 3.8) is 0 Å². The van der Waals surface area contributed by atoms with Gasteiger partial charge in [0.05, 0.1) is 23.7 Å². The Morgan fingerprint density at radius 3 is 2.61 bits per heavy atom. The third kappa shape index (κ3) is 3.55. The van der Waals surface area contributed by atoms with Crippen LogP contribution in [0, 0.1) is 0 Å². The van der Waals surface area contributed by atoms with Gasteiger partial charge >= 0.3 is 0 Å². The highest BCUT2D eigenvalue weighted by Crippen LogP contribution is 2.25. The van der Waals surface area contributed by atoms with E-state index >= 15 is 0 Å². The average Bonchev–Trinajstić information content (AvgIpc) is 3.21. The number of para-hydroxylation sites is 1. The van der Waals surface area contributed by atoms with Gasteiger partial charge < -0.3 is 9.72 Å². The number of fused-ring (bicyclic) bond motifs is 2. The van der Waals surface area contributed by atoms with Crippen LogP contribution in [0.1, 0.15) is 11.4 Å². The third-order valence-corrected chi connectivity index (χ3v) is 5.75. The van der Waals surface area contributed by atoms with E-state index in [0.717, 1.165) is 32.4 Å². The second-order valence-corrected chi connectivity index (χ2v) is 8.01. The Morgan fingerprint density at radius 1 is 1.00 bits per heavy atom. The molecule has 1 N–H and O–H groups in total. The van der Waals surface area contributed by atoms with E-state index in [9.17, 15) is 4.79 Å². The molecule has 0 spiro atoms. The van der Waals surface area contributed by atoms with Gasteiger partial charge in [-0.1, -0.05) is 28.1 Å². The monoisotopic (exact) mass is 471 g/mol. The second-order valence-electron chi connectivity index (χ2n) is 7.09. The number of hydrogen-bond donors (Lipinski definition) is 1. The SMILES string of the molecule is COc1ccc2[nH]cc(C=Cc3nc4ccccc4c(=O)n3-c3ccc(Br)cc3)c2c1. The molecule has 31 heavy (non-hydrogen) atoms. The Bertz CT molecular complexity index is 1500. The van der Waals surface area contributed by atoms with Crippen molar-refractivity contribution in [3.05, 3.63) is 99.1 Å². The van der Waals surface area contributed by atoms with Crippen molar-refractivity contribution in [2.45, 2.75) is 0 Å². The number of H-pyrrole nitrogens is 1. The summed E-state index contributed by atoms with van der Waals surface area (Å²) in [7, 11) is 1.65. The quantitative estimate of drug-likeness (QED) is 0.359. The van der Waals surface area contributed by atoms with Crippen LogP contribution < -0.4 is 10.3 Å². The molecule has 152 valence electrons. The zero-order valence-corrected chi connectivity index (χ0v) is 18.3. The summed E-state index contributed by atoms with van der Waals surface area (Å²) < 4.78 is 7.95. The number of nitrogens with one attached hydrogen (secondary N) is 1. The van der Waals surface area contributed by atoms with Gasteiger partial charge in [0.2, 0.25) is 0 Å². The fourth-order valence-electron chi connectivity index (χ4n) is 3.65. The van der Waals surface area contributed by atoms with Gasteiger partial charge in [0.1, 0.15) is 11.6 Å². The lowest BCUT2D eigenvalue weighted by atomic mass is 10.1. The number of nitrogens with zero attached hydrogens (tertiary/aromatic N) is 2. The summed E-state index contributed by atoms with van der Waals surface area (Å²) in [5.74, 6) is 1.35. The van der Waals surface area contributed by atoms with E-state index < -0.39 is 0 Å². The van der Waals surface area contributed by atoms with E-state index in [2.05, 4.69) is 20.9 Å². The Labute approximate surface area is 186 Å². The van der Waals surface area contributed by atoms with Crippen LogP contribution >= 0.6 is 15.9 Å². The minimum absolute atomic E-state index is 0.104. The van der Waals surface area contributed by atoms with Crippen molar-refractivity contribution < 1.29 is 4.74 Å². The normalized spacial score (nSPS) is 11.5. The Kier molecular flexibility index (Phi) is 4.92. The standard InChI is InChI=1S/C25H18BrN3O2/c1-31-19-11-12-22-21(14-19)16(15-27-22)6-13-24-28-23-5-3-2-4-20(23)25(30)29(24)18-9-7-17(26)8-10-18/h2-15,27H,1H3. The summed E-state index contributed by atoms with van der Waals surface area (Å²) in [6.07, 6.45) is 5.77. The molecule has 0 unspecified atom stereocenters. The van der Waals surface area contributed by atoms with Crippen LogP contribution in [0.5, 0.6) is 5.75 Å². The Hall–Kier alpha value is -3.64. The number of benzene rings is 3. The minimum atomic E-state index is -0.104. The molecular weight excluding hydrogens is 454 g/mol. The van der Waals surface area contributed by atoms with Gasteiger partial charge in [0, 0.05) is 27.1 Å². The van der Waals surface area contributed by atoms with Crippen molar-refractivity contribution >= 4 is 49.9 Å². The first-order chi connectivity index (χ1) is 15.1. The fourth-order valence-corrected chi connectivity index (χ4v) is 3.92. The van der Waals surface area contributed by atoms with Gasteiger partial charge in [-0.25, -0.2) is 4.98 Å². The molecule has 2 aromatic heterocycles. The maximum Gasteiger partial charge on any atom is 0.266 e. The van der Waals surface area contributed by atoms with Gasteiger partial charge in [0.25, 0.3) is 5.56 Å². The van der Waals surface area contributed by atoms with E-state index in [1.165, 1.54) is 0 Å². The van der Waals surface area contributed by atoms with Gasteiger partial charge in [-0.05, 0) is 66.7 Å². The molecule has 2 heterocycles. The summed E-state index contributed by atoms with van der Waals surface area (Å²) in [6.45, 7) is 0. The third-order valence-electron chi connectivity index (χ3n) is 5.22. The molecule has 0 aliphatic rings. The van der Waals surface area contributed by atoms with Crippen LogP contribution in [0.2, 0.25) is 0 Å². The molecule has 5 nitrogen and oxygen atoms in total. The molecule has 3 aromatic carbocycles. The van der Waals surface area contributed by atoms with Crippen LogP contribution in [0.3, 0.4) is 0 Å². The second kappa shape index (κ2) is 7.89. The number of aromatic nitrogens is 3. The summed E-state index contributed by atoms with van der Waals surface area (Å²) in [4.78, 5) is 21.4. The maximum atomic E-state index is 13.3. The molecular formula is C25H18BrN3O2.